The third-order valence-corrected chi connectivity index (χ3v) is 10.3. The molecule has 1 aliphatic carbocycles. The van der Waals surface area contributed by atoms with Crippen LogP contribution in [0.3, 0.4) is 0 Å². The molecule has 272 valence electrons. The van der Waals surface area contributed by atoms with E-state index in [1.807, 2.05) is 36.1 Å². The second-order valence-electron chi connectivity index (χ2n) is 14.0. The Labute approximate surface area is 304 Å². The van der Waals surface area contributed by atoms with Gasteiger partial charge in [-0.1, -0.05) is 81.3 Å². The van der Waals surface area contributed by atoms with Gasteiger partial charge in [0.1, 0.15) is 0 Å². The van der Waals surface area contributed by atoms with E-state index in [1.165, 1.54) is 0 Å². The first-order valence-corrected chi connectivity index (χ1v) is 18.2. The largest absolute Gasteiger partial charge is 0.481 e. The van der Waals surface area contributed by atoms with Crippen molar-refractivity contribution in [3.05, 3.63) is 113 Å². The molecule has 4 aromatic rings. The summed E-state index contributed by atoms with van der Waals surface area (Å²) in [7, 11) is 0. The molecule has 3 amide bonds. The maximum atomic E-state index is 14.8. The zero-order valence-corrected chi connectivity index (χ0v) is 30.0. The molecule has 1 aliphatic heterocycles. The molecule has 2 heterocycles. The van der Waals surface area contributed by atoms with Crippen LogP contribution in [0.5, 0.6) is 0 Å². The minimum Gasteiger partial charge on any atom is -0.481 e. The third-order valence-electron chi connectivity index (χ3n) is 10.3. The van der Waals surface area contributed by atoms with Gasteiger partial charge in [0, 0.05) is 43.9 Å². The molecule has 1 saturated carbocycles. The third kappa shape index (κ3) is 7.50. The number of nitrogens with one attached hydrogen (secondary N) is 1. The lowest BCUT2D eigenvalue weighted by molar-refractivity contribution is -0.140. The number of hydrogen-bond donors (Lipinski definition) is 3. The van der Waals surface area contributed by atoms with Crippen molar-refractivity contribution in [3.8, 4) is 5.69 Å². The van der Waals surface area contributed by atoms with Gasteiger partial charge in [-0.05, 0) is 67.1 Å². The average Bonchev–Trinajstić information content (AvgIpc) is 3.60. The first-order chi connectivity index (χ1) is 25.1. The number of aliphatic hydroxyl groups excluding tert-OH is 1. The lowest BCUT2D eigenvalue weighted by atomic mass is 9.91. The molecule has 1 aromatic heterocycles. The van der Waals surface area contributed by atoms with Crippen molar-refractivity contribution in [2.45, 2.75) is 89.8 Å². The van der Waals surface area contributed by atoms with E-state index in [0.29, 0.717) is 55.1 Å². The summed E-state index contributed by atoms with van der Waals surface area (Å²) in [5.74, 6) is -3.21. The highest BCUT2D eigenvalue weighted by Gasteiger charge is 2.61. The van der Waals surface area contributed by atoms with Crippen molar-refractivity contribution in [2.75, 3.05) is 18.4 Å². The molecule has 1 fully saturated rings. The first-order valence-electron chi connectivity index (χ1n) is 18.2. The average molecular weight is 706 g/mol. The monoisotopic (exact) mass is 705 g/mol. The van der Waals surface area contributed by atoms with E-state index in [9.17, 15) is 29.4 Å². The molecule has 52 heavy (non-hydrogen) atoms. The van der Waals surface area contributed by atoms with Crippen molar-refractivity contribution in [1.82, 2.24) is 19.6 Å². The number of fused-ring (bicyclic) bond motifs is 1. The van der Waals surface area contributed by atoms with Crippen molar-refractivity contribution in [2.24, 2.45) is 0 Å². The second kappa shape index (κ2) is 15.5. The van der Waals surface area contributed by atoms with Gasteiger partial charge >= 0.3 is 5.97 Å². The van der Waals surface area contributed by atoms with Crippen molar-refractivity contribution in [3.63, 3.8) is 0 Å². The van der Waals surface area contributed by atoms with Gasteiger partial charge in [0.25, 0.3) is 11.8 Å². The maximum absolute atomic E-state index is 14.8. The lowest BCUT2D eigenvalue weighted by Crippen LogP contribution is -2.48. The number of anilines is 1. The number of aliphatic carboxylic acids is 1. The van der Waals surface area contributed by atoms with Crippen LogP contribution in [-0.2, 0) is 22.6 Å². The summed E-state index contributed by atoms with van der Waals surface area (Å²) in [6.45, 7) is 7.57. The number of hydrogen-bond acceptors (Lipinski definition) is 6. The summed E-state index contributed by atoms with van der Waals surface area (Å²) in [5, 5.41) is 28.4. The summed E-state index contributed by atoms with van der Waals surface area (Å²) in [6.07, 6.45) is 3.64. The maximum Gasteiger partial charge on any atom is 0.311 e. The van der Waals surface area contributed by atoms with Crippen LogP contribution in [0.2, 0.25) is 0 Å². The Bertz CT molecular complexity index is 1950. The summed E-state index contributed by atoms with van der Waals surface area (Å²) in [5.41, 5.74) is 3.73. The SMILES string of the molecule is CCCCN(CCCC)C(=O)c1cc(C)n(-c2ccc(NC(=O)CC(C(=O)O)c3ccccc3)cc2C(=O)N2Cc3ccccc3CC23CC3O)n1. The molecular weight excluding hydrogens is 658 g/mol. The Balaban J connectivity index is 1.36. The van der Waals surface area contributed by atoms with Gasteiger partial charge in [0.2, 0.25) is 5.91 Å². The van der Waals surface area contributed by atoms with Crippen LogP contribution in [0.15, 0.2) is 78.9 Å². The molecule has 3 N–H and O–H groups in total. The quantitative estimate of drug-likeness (QED) is 0.143. The Kier molecular flexibility index (Phi) is 10.9. The highest BCUT2D eigenvalue weighted by atomic mass is 16.4. The summed E-state index contributed by atoms with van der Waals surface area (Å²) in [4.78, 5) is 57.5. The number of aryl methyl sites for hydroxylation is 1. The van der Waals surface area contributed by atoms with Crippen LogP contribution in [0, 0.1) is 6.92 Å². The van der Waals surface area contributed by atoms with E-state index in [1.54, 1.807) is 64.2 Å². The molecule has 2 aliphatic rings. The molecule has 3 aromatic carbocycles. The number of benzene rings is 3. The molecule has 0 saturated heterocycles. The second-order valence-corrected chi connectivity index (χ2v) is 14.0. The molecule has 11 heteroatoms. The number of nitrogens with zero attached hydrogens (tertiary/aromatic N) is 4. The van der Waals surface area contributed by atoms with Gasteiger partial charge in [-0.3, -0.25) is 19.2 Å². The molecule has 3 atom stereocenters. The van der Waals surface area contributed by atoms with Crippen LogP contribution >= 0.6 is 0 Å². The van der Waals surface area contributed by atoms with Crippen LogP contribution in [-0.4, -0.2) is 78.2 Å². The molecule has 3 unspecified atom stereocenters. The van der Waals surface area contributed by atoms with E-state index < -0.39 is 29.4 Å². The summed E-state index contributed by atoms with van der Waals surface area (Å²) >= 11 is 0. The molecular formula is C41H47N5O6. The summed E-state index contributed by atoms with van der Waals surface area (Å²) < 4.78 is 1.59. The molecule has 0 radical (unpaired) electrons. The van der Waals surface area contributed by atoms with Crippen LogP contribution in [0.25, 0.3) is 5.69 Å². The highest BCUT2D eigenvalue weighted by molar-refractivity contribution is 6.02. The zero-order valence-electron chi connectivity index (χ0n) is 30.0. The van der Waals surface area contributed by atoms with E-state index in [-0.39, 0.29) is 29.5 Å². The Morgan fingerprint density at radius 1 is 0.942 bits per heavy atom. The number of rotatable bonds is 14. The number of carbonyl (C=O) groups excluding carboxylic acids is 3. The number of unbranched alkanes of at least 4 members (excludes halogenated alkanes) is 2. The number of carboxylic acids is 1. The molecule has 0 bridgehead atoms. The van der Waals surface area contributed by atoms with E-state index >= 15 is 0 Å². The van der Waals surface area contributed by atoms with Crippen molar-refractivity contribution >= 4 is 29.4 Å². The Hall–Kier alpha value is -5.29. The molecule has 11 nitrogen and oxygen atoms in total. The van der Waals surface area contributed by atoms with E-state index in [0.717, 1.165) is 36.8 Å². The normalized spacial score (nSPS) is 18.1. The van der Waals surface area contributed by atoms with Gasteiger partial charge in [0.05, 0.1) is 28.8 Å². The predicted octanol–water partition coefficient (Wildman–Crippen LogP) is 6.12. The van der Waals surface area contributed by atoms with Gasteiger partial charge < -0.3 is 25.3 Å². The Morgan fingerprint density at radius 2 is 1.60 bits per heavy atom. The van der Waals surface area contributed by atoms with Gasteiger partial charge in [-0.2, -0.15) is 5.10 Å². The number of carboxylic acid groups (broad SMARTS) is 1. The zero-order chi connectivity index (χ0) is 37.0. The van der Waals surface area contributed by atoms with Crippen LogP contribution in [0.1, 0.15) is 102 Å². The number of aromatic nitrogens is 2. The summed E-state index contributed by atoms with van der Waals surface area (Å²) in [6, 6.07) is 23.1. The van der Waals surface area contributed by atoms with Crippen molar-refractivity contribution in [1.29, 1.82) is 0 Å². The highest BCUT2D eigenvalue weighted by Crippen LogP contribution is 2.49. The topological polar surface area (TPSA) is 145 Å². The Morgan fingerprint density at radius 3 is 2.23 bits per heavy atom. The minimum atomic E-state index is -1.12. The number of carbonyl (C=O) groups is 4. The fourth-order valence-corrected chi connectivity index (χ4v) is 7.21. The van der Waals surface area contributed by atoms with Gasteiger partial charge in [-0.25, -0.2) is 4.68 Å². The first kappa shape index (κ1) is 36.5. The minimum absolute atomic E-state index is 0.167. The predicted molar refractivity (Wildman–Crippen MR) is 197 cm³/mol. The number of amides is 3. The standard InChI is InChI=1S/C41H47N5O6/c1-4-6-19-44(20-7-5-2)39(50)34-21-27(3)46(43-34)35-18-17-31(42-37(48)23-32(40(51)52)28-13-9-8-10-14-28)22-33(35)38(49)45-26-30-16-12-11-15-29(30)24-41(45)25-36(41)47/h8-18,21-22,32,36,47H,4-7,19-20,23-26H2,1-3H3,(H,42,48)(H,51,52). The van der Waals surface area contributed by atoms with E-state index in [2.05, 4.69) is 19.2 Å². The fourth-order valence-electron chi connectivity index (χ4n) is 7.21. The molecule has 1 spiro atoms. The number of aliphatic hydroxyl groups is 1. The molecule has 6 rings (SSSR count). The van der Waals surface area contributed by atoms with Crippen LogP contribution in [0.4, 0.5) is 5.69 Å². The smallest absolute Gasteiger partial charge is 0.311 e. The van der Waals surface area contributed by atoms with Gasteiger partial charge in [0.15, 0.2) is 5.69 Å². The van der Waals surface area contributed by atoms with E-state index in [4.69, 9.17) is 5.10 Å². The van der Waals surface area contributed by atoms with Crippen molar-refractivity contribution < 1.29 is 29.4 Å². The van der Waals surface area contributed by atoms with Gasteiger partial charge in [-0.15, -0.1) is 0 Å². The van der Waals surface area contributed by atoms with Crippen LogP contribution < -0.4 is 5.32 Å². The lowest BCUT2D eigenvalue weighted by Gasteiger charge is -2.38. The fraction of sp³-hybridized carbons (Fsp3) is 0.390.